The summed E-state index contributed by atoms with van der Waals surface area (Å²) in [6, 6.07) is 5.64. The van der Waals surface area contributed by atoms with Crippen LogP contribution in [0.25, 0.3) is 6.08 Å². The maximum atomic E-state index is 10.5. The highest BCUT2D eigenvalue weighted by molar-refractivity contribution is 5.81. The summed E-state index contributed by atoms with van der Waals surface area (Å²) >= 11 is 0. The summed E-state index contributed by atoms with van der Waals surface area (Å²) in [5, 5.41) is 0. The second-order valence-electron chi connectivity index (χ2n) is 3.41. The van der Waals surface area contributed by atoms with E-state index in [2.05, 4.69) is 0 Å². The summed E-state index contributed by atoms with van der Waals surface area (Å²) in [6.07, 6.45) is 2.64. The van der Waals surface area contributed by atoms with Crippen LogP contribution in [0.2, 0.25) is 0 Å². The van der Waals surface area contributed by atoms with E-state index < -0.39 is 0 Å². The van der Waals surface area contributed by atoms with Crippen LogP contribution in [0, 0.1) is 0 Å². The first kappa shape index (κ1) is 9.77. The first-order chi connectivity index (χ1) is 7.29. The number of carbonyl (C=O) groups is 1. The molecule has 1 aliphatic heterocycles. The van der Waals surface area contributed by atoms with Crippen LogP contribution >= 0.6 is 0 Å². The average molecular weight is 204 g/mol. The molecule has 0 spiro atoms. The lowest BCUT2D eigenvalue weighted by atomic mass is 10.1. The topological polar surface area (TPSA) is 35.5 Å². The molecule has 15 heavy (non-hydrogen) atoms. The van der Waals surface area contributed by atoms with Crippen LogP contribution in [-0.2, 0) is 4.79 Å². The molecule has 0 amide bonds. The highest BCUT2D eigenvalue weighted by Gasteiger charge is 2.10. The van der Waals surface area contributed by atoms with Crippen LogP contribution < -0.4 is 9.47 Å². The van der Waals surface area contributed by atoms with Gasteiger partial charge in [-0.25, -0.2) is 0 Å². The molecule has 3 heteroatoms. The van der Waals surface area contributed by atoms with Gasteiger partial charge in [0.15, 0.2) is 11.5 Å². The van der Waals surface area contributed by atoms with Gasteiger partial charge in [-0.1, -0.05) is 6.07 Å². The predicted octanol–water partition coefficient (Wildman–Crippen LogP) is 2.06. The van der Waals surface area contributed by atoms with Gasteiger partial charge in [0.1, 0.15) is 19.5 Å². The fraction of sp³-hybridized carbons (Fsp3) is 0.250. The largest absolute Gasteiger partial charge is 0.486 e. The average Bonchev–Trinajstić information content (AvgIpc) is 2.29. The van der Waals surface area contributed by atoms with Crippen molar-refractivity contribution in [3.8, 4) is 11.5 Å². The highest BCUT2D eigenvalue weighted by atomic mass is 16.6. The maximum absolute atomic E-state index is 10.5. The fourth-order valence-electron chi connectivity index (χ4n) is 1.45. The van der Waals surface area contributed by atoms with Gasteiger partial charge in [-0.05, 0) is 36.3 Å². The van der Waals surface area contributed by atoms with Crippen molar-refractivity contribution in [2.75, 3.05) is 13.2 Å². The molecule has 0 bridgehead atoms. The molecule has 1 aromatic rings. The van der Waals surface area contributed by atoms with Crippen molar-refractivity contribution in [3.05, 3.63) is 29.3 Å². The van der Waals surface area contributed by atoms with Crippen LogP contribution in [0.1, 0.15) is 12.5 Å². The first-order valence-electron chi connectivity index (χ1n) is 4.83. The van der Waals surface area contributed by atoms with E-state index in [1.54, 1.807) is 6.92 Å². The molecule has 0 aliphatic carbocycles. The van der Waals surface area contributed by atoms with Crippen molar-refractivity contribution >= 4 is 12.4 Å². The van der Waals surface area contributed by atoms with Crippen molar-refractivity contribution in [3.63, 3.8) is 0 Å². The van der Waals surface area contributed by atoms with E-state index in [1.807, 2.05) is 24.3 Å². The summed E-state index contributed by atoms with van der Waals surface area (Å²) in [7, 11) is 0. The highest BCUT2D eigenvalue weighted by Crippen LogP contribution is 2.31. The number of hydrogen-bond acceptors (Lipinski definition) is 3. The molecule has 0 N–H and O–H groups in total. The molecule has 0 saturated carbocycles. The van der Waals surface area contributed by atoms with E-state index in [4.69, 9.17) is 9.47 Å². The minimum atomic E-state index is 0.576. The van der Waals surface area contributed by atoms with E-state index in [-0.39, 0.29) is 0 Å². The Labute approximate surface area is 88.3 Å². The number of rotatable bonds is 2. The molecule has 0 aromatic heterocycles. The van der Waals surface area contributed by atoms with Crippen molar-refractivity contribution in [2.24, 2.45) is 0 Å². The predicted molar refractivity (Wildman–Crippen MR) is 57.1 cm³/mol. The number of allylic oxidation sites excluding steroid dienone is 1. The van der Waals surface area contributed by atoms with Gasteiger partial charge in [-0.3, -0.25) is 4.79 Å². The normalized spacial score (nSPS) is 14.9. The Morgan fingerprint density at radius 3 is 2.73 bits per heavy atom. The molecule has 1 heterocycles. The van der Waals surface area contributed by atoms with E-state index in [1.165, 1.54) is 0 Å². The van der Waals surface area contributed by atoms with Crippen molar-refractivity contribution in [1.82, 2.24) is 0 Å². The Balaban J connectivity index is 2.32. The SMILES string of the molecule is C/C(C=O)=C\c1ccc2c(c1)OCCO2. The molecule has 0 atom stereocenters. The molecule has 0 unspecified atom stereocenters. The minimum Gasteiger partial charge on any atom is -0.486 e. The quantitative estimate of drug-likeness (QED) is 0.546. The zero-order chi connectivity index (χ0) is 10.7. The number of hydrogen-bond donors (Lipinski definition) is 0. The zero-order valence-corrected chi connectivity index (χ0v) is 8.53. The number of carbonyl (C=O) groups excluding carboxylic acids is 1. The Hall–Kier alpha value is -1.77. The van der Waals surface area contributed by atoms with Crippen molar-refractivity contribution < 1.29 is 14.3 Å². The van der Waals surface area contributed by atoms with Crippen LogP contribution in [-0.4, -0.2) is 19.5 Å². The molecule has 0 fully saturated rings. The van der Waals surface area contributed by atoms with Crippen molar-refractivity contribution in [1.29, 1.82) is 0 Å². The van der Waals surface area contributed by atoms with Crippen LogP contribution in [0.15, 0.2) is 23.8 Å². The number of benzene rings is 1. The maximum Gasteiger partial charge on any atom is 0.161 e. The second kappa shape index (κ2) is 4.17. The van der Waals surface area contributed by atoms with E-state index >= 15 is 0 Å². The zero-order valence-electron chi connectivity index (χ0n) is 8.53. The Morgan fingerprint density at radius 1 is 1.27 bits per heavy atom. The van der Waals surface area contributed by atoms with Crippen molar-refractivity contribution in [2.45, 2.75) is 6.92 Å². The Bertz CT molecular complexity index is 407. The van der Waals surface area contributed by atoms with Gasteiger partial charge in [0, 0.05) is 0 Å². The standard InChI is InChI=1S/C12H12O3/c1-9(8-13)6-10-2-3-11-12(7-10)15-5-4-14-11/h2-3,6-8H,4-5H2,1H3/b9-6+. The van der Waals surface area contributed by atoms with Gasteiger partial charge in [-0.15, -0.1) is 0 Å². The van der Waals surface area contributed by atoms with Crippen LogP contribution in [0.5, 0.6) is 11.5 Å². The van der Waals surface area contributed by atoms with Gasteiger partial charge >= 0.3 is 0 Å². The minimum absolute atomic E-state index is 0.576. The molecular formula is C12H12O3. The summed E-state index contributed by atoms with van der Waals surface area (Å²) < 4.78 is 10.8. The van der Waals surface area contributed by atoms with E-state index in [0.717, 1.165) is 23.3 Å². The van der Waals surface area contributed by atoms with Gasteiger partial charge < -0.3 is 9.47 Å². The third kappa shape index (κ3) is 2.18. The summed E-state index contributed by atoms with van der Waals surface area (Å²) in [4.78, 5) is 10.5. The van der Waals surface area contributed by atoms with Gasteiger partial charge in [0.25, 0.3) is 0 Å². The Morgan fingerprint density at radius 2 is 2.00 bits per heavy atom. The van der Waals surface area contributed by atoms with E-state index in [9.17, 15) is 4.79 Å². The molecule has 3 nitrogen and oxygen atoms in total. The van der Waals surface area contributed by atoms with Gasteiger partial charge in [-0.2, -0.15) is 0 Å². The third-order valence-electron chi connectivity index (χ3n) is 2.15. The van der Waals surface area contributed by atoms with E-state index in [0.29, 0.717) is 18.8 Å². The molecule has 0 saturated heterocycles. The number of fused-ring (bicyclic) bond motifs is 1. The van der Waals surface area contributed by atoms with Crippen LogP contribution in [0.4, 0.5) is 0 Å². The summed E-state index contributed by atoms with van der Waals surface area (Å²) in [5.74, 6) is 1.51. The number of ether oxygens (including phenoxy) is 2. The lowest BCUT2D eigenvalue weighted by Gasteiger charge is -2.18. The molecular weight excluding hydrogens is 192 g/mol. The lowest BCUT2D eigenvalue weighted by molar-refractivity contribution is -0.104. The monoisotopic (exact) mass is 204 g/mol. The van der Waals surface area contributed by atoms with Gasteiger partial charge in [0.05, 0.1) is 0 Å². The fourth-order valence-corrected chi connectivity index (χ4v) is 1.45. The molecule has 2 rings (SSSR count). The summed E-state index contributed by atoms with van der Waals surface area (Å²) in [5.41, 5.74) is 1.63. The molecule has 78 valence electrons. The number of aldehydes is 1. The molecule has 1 aromatic carbocycles. The lowest BCUT2D eigenvalue weighted by Crippen LogP contribution is -2.15. The Kier molecular flexibility index (Phi) is 2.72. The third-order valence-corrected chi connectivity index (χ3v) is 2.15. The van der Waals surface area contributed by atoms with Gasteiger partial charge in [0.2, 0.25) is 0 Å². The van der Waals surface area contributed by atoms with Crippen LogP contribution in [0.3, 0.4) is 0 Å². The molecule has 1 aliphatic rings. The first-order valence-corrected chi connectivity index (χ1v) is 4.83. The smallest absolute Gasteiger partial charge is 0.161 e. The second-order valence-corrected chi connectivity index (χ2v) is 3.41. The molecule has 0 radical (unpaired) electrons. The summed E-state index contributed by atoms with van der Waals surface area (Å²) in [6.45, 7) is 2.94.